The number of rotatable bonds is 4. The second-order valence-electron chi connectivity index (χ2n) is 4.21. The maximum Gasteiger partial charge on any atom is 0.139 e. The van der Waals surface area contributed by atoms with Crippen LogP contribution in [0, 0.1) is 23.5 Å². The number of hydrogen-bond donors (Lipinski definition) is 1. The Morgan fingerprint density at radius 2 is 2.05 bits per heavy atom. The van der Waals surface area contributed by atoms with Crippen molar-refractivity contribution in [3.63, 3.8) is 0 Å². The Bertz CT molecular complexity index is 677. The fourth-order valence-corrected chi connectivity index (χ4v) is 1.60. The number of hydrogen-bond acceptors (Lipinski definition) is 3. The van der Waals surface area contributed by atoms with Crippen molar-refractivity contribution in [1.29, 1.82) is 0 Å². The lowest BCUT2D eigenvalue weighted by atomic mass is 10.2. The highest BCUT2D eigenvalue weighted by Gasteiger charge is 2.05. The SMILES string of the molecule is OCCC#Cc1cncc(OCc2cc(F)ccc2F)c1. The number of aliphatic hydroxyl groups is 1. The maximum absolute atomic E-state index is 13.4. The molecule has 0 radical (unpaired) electrons. The van der Waals surface area contributed by atoms with Crippen LogP contribution in [0.3, 0.4) is 0 Å². The number of aromatic nitrogens is 1. The topological polar surface area (TPSA) is 42.4 Å². The van der Waals surface area contributed by atoms with Gasteiger partial charge in [-0.15, -0.1) is 0 Å². The molecule has 1 aromatic heterocycles. The maximum atomic E-state index is 13.4. The average Bonchev–Trinajstić information content (AvgIpc) is 2.49. The predicted molar refractivity (Wildman–Crippen MR) is 73.5 cm³/mol. The zero-order chi connectivity index (χ0) is 15.1. The highest BCUT2D eigenvalue weighted by atomic mass is 19.1. The number of nitrogens with zero attached hydrogens (tertiary/aromatic N) is 1. The van der Waals surface area contributed by atoms with Gasteiger partial charge in [0.1, 0.15) is 24.0 Å². The van der Waals surface area contributed by atoms with Crippen molar-refractivity contribution in [3.05, 3.63) is 59.4 Å². The molecule has 0 aliphatic rings. The van der Waals surface area contributed by atoms with Crippen LogP contribution in [-0.4, -0.2) is 16.7 Å². The summed E-state index contributed by atoms with van der Waals surface area (Å²) in [4.78, 5) is 3.96. The quantitative estimate of drug-likeness (QED) is 0.880. The van der Waals surface area contributed by atoms with E-state index in [1.165, 1.54) is 6.20 Å². The van der Waals surface area contributed by atoms with E-state index in [9.17, 15) is 8.78 Å². The van der Waals surface area contributed by atoms with Crippen LogP contribution in [0.1, 0.15) is 17.5 Å². The van der Waals surface area contributed by atoms with Gasteiger partial charge in [0.25, 0.3) is 0 Å². The van der Waals surface area contributed by atoms with Crippen LogP contribution < -0.4 is 4.74 Å². The van der Waals surface area contributed by atoms with Crippen molar-refractivity contribution in [2.24, 2.45) is 0 Å². The summed E-state index contributed by atoms with van der Waals surface area (Å²) in [6.45, 7) is -0.103. The van der Waals surface area contributed by atoms with Crippen molar-refractivity contribution < 1.29 is 18.6 Å². The fraction of sp³-hybridized carbons (Fsp3) is 0.188. The molecule has 1 heterocycles. The van der Waals surface area contributed by atoms with E-state index in [-0.39, 0.29) is 18.8 Å². The third-order valence-corrected chi connectivity index (χ3v) is 2.58. The molecule has 0 unspecified atom stereocenters. The van der Waals surface area contributed by atoms with Gasteiger partial charge in [-0.1, -0.05) is 11.8 Å². The second kappa shape index (κ2) is 7.36. The number of benzene rings is 1. The summed E-state index contributed by atoms with van der Waals surface area (Å²) >= 11 is 0. The predicted octanol–water partition coefficient (Wildman–Crippen LogP) is 2.67. The van der Waals surface area contributed by atoms with Gasteiger partial charge in [0, 0.05) is 23.7 Å². The molecule has 0 spiro atoms. The number of ether oxygens (including phenoxy) is 1. The Balaban J connectivity index is 2.05. The third-order valence-electron chi connectivity index (χ3n) is 2.58. The Morgan fingerprint density at radius 1 is 1.19 bits per heavy atom. The van der Waals surface area contributed by atoms with Gasteiger partial charge < -0.3 is 9.84 Å². The molecule has 5 heteroatoms. The summed E-state index contributed by atoms with van der Waals surface area (Å²) in [6.07, 6.45) is 3.40. The average molecular weight is 289 g/mol. The van der Waals surface area contributed by atoms with Crippen LogP contribution in [0.4, 0.5) is 8.78 Å². The molecule has 1 aromatic carbocycles. The van der Waals surface area contributed by atoms with Crippen LogP contribution in [0.25, 0.3) is 0 Å². The summed E-state index contributed by atoms with van der Waals surface area (Å²) in [5, 5.41) is 8.65. The molecule has 0 bridgehead atoms. The minimum Gasteiger partial charge on any atom is -0.487 e. The fourth-order valence-electron chi connectivity index (χ4n) is 1.60. The first-order chi connectivity index (χ1) is 10.2. The number of halogens is 2. The summed E-state index contributed by atoms with van der Waals surface area (Å²) in [5.74, 6) is 4.95. The smallest absolute Gasteiger partial charge is 0.139 e. The number of pyridine rings is 1. The van der Waals surface area contributed by atoms with E-state index in [0.717, 1.165) is 18.2 Å². The van der Waals surface area contributed by atoms with Crippen molar-refractivity contribution in [1.82, 2.24) is 4.98 Å². The van der Waals surface area contributed by atoms with Crippen molar-refractivity contribution >= 4 is 0 Å². The van der Waals surface area contributed by atoms with E-state index in [1.807, 2.05) is 0 Å². The molecule has 0 amide bonds. The molecular formula is C16H13F2NO2. The second-order valence-corrected chi connectivity index (χ2v) is 4.21. The highest BCUT2D eigenvalue weighted by molar-refractivity contribution is 5.36. The molecule has 0 aliphatic carbocycles. The number of aliphatic hydroxyl groups excluding tert-OH is 1. The monoisotopic (exact) mass is 289 g/mol. The molecule has 0 saturated carbocycles. The first-order valence-corrected chi connectivity index (χ1v) is 6.30. The third kappa shape index (κ3) is 4.55. The van der Waals surface area contributed by atoms with Crippen LogP contribution >= 0.6 is 0 Å². The van der Waals surface area contributed by atoms with Gasteiger partial charge >= 0.3 is 0 Å². The van der Waals surface area contributed by atoms with E-state index >= 15 is 0 Å². The molecule has 0 saturated heterocycles. The molecule has 0 fully saturated rings. The van der Waals surface area contributed by atoms with Crippen molar-refractivity contribution in [2.75, 3.05) is 6.61 Å². The molecule has 1 N–H and O–H groups in total. The summed E-state index contributed by atoms with van der Waals surface area (Å²) < 4.78 is 31.9. The largest absolute Gasteiger partial charge is 0.487 e. The van der Waals surface area contributed by atoms with Gasteiger partial charge in [-0.3, -0.25) is 4.98 Å². The molecule has 108 valence electrons. The van der Waals surface area contributed by atoms with Gasteiger partial charge in [0.2, 0.25) is 0 Å². The van der Waals surface area contributed by atoms with E-state index in [4.69, 9.17) is 9.84 Å². The normalized spacial score (nSPS) is 9.86. The van der Waals surface area contributed by atoms with Gasteiger partial charge in [-0.25, -0.2) is 8.78 Å². The Morgan fingerprint density at radius 3 is 2.86 bits per heavy atom. The molecule has 21 heavy (non-hydrogen) atoms. The lowest BCUT2D eigenvalue weighted by Gasteiger charge is -2.07. The molecule has 2 rings (SSSR count). The molecule has 2 aromatic rings. The van der Waals surface area contributed by atoms with Gasteiger partial charge in [-0.05, 0) is 24.3 Å². The van der Waals surface area contributed by atoms with Crippen LogP contribution in [0.15, 0.2) is 36.7 Å². The standard InChI is InChI=1S/C16H13F2NO2/c17-14-4-5-16(18)13(8-14)11-21-15-7-12(9-19-10-15)3-1-2-6-20/h4-5,7-10,20H,2,6,11H2. The first-order valence-electron chi connectivity index (χ1n) is 6.30. The van der Waals surface area contributed by atoms with Crippen LogP contribution in [0.2, 0.25) is 0 Å². The first kappa shape index (κ1) is 14.9. The molecular weight excluding hydrogens is 276 g/mol. The van der Waals surface area contributed by atoms with Crippen molar-refractivity contribution in [2.45, 2.75) is 13.0 Å². The summed E-state index contributed by atoms with van der Waals surface area (Å²) in [6, 6.07) is 4.85. The molecule has 3 nitrogen and oxygen atoms in total. The molecule has 0 aliphatic heterocycles. The summed E-state index contributed by atoms with van der Waals surface area (Å²) in [5.41, 5.74) is 0.757. The minimum absolute atomic E-state index is 0.00450. The molecule has 0 atom stereocenters. The van der Waals surface area contributed by atoms with E-state index in [2.05, 4.69) is 16.8 Å². The lowest BCUT2D eigenvalue weighted by molar-refractivity contribution is 0.298. The van der Waals surface area contributed by atoms with Gasteiger partial charge in [-0.2, -0.15) is 0 Å². The Hall–Kier alpha value is -2.45. The van der Waals surface area contributed by atoms with E-state index in [0.29, 0.717) is 17.7 Å². The van der Waals surface area contributed by atoms with Crippen LogP contribution in [-0.2, 0) is 6.61 Å². The summed E-state index contributed by atoms with van der Waals surface area (Å²) in [7, 11) is 0. The van der Waals surface area contributed by atoms with Crippen LogP contribution in [0.5, 0.6) is 5.75 Å². The Kier molecular flexibility index (Phi) is 5.24. The van der Waals surface area contributed by atoms with Gasteiger partial charge in [0.15, 0.2) is 0 Å². The Labute approximate surface area is 121 Å². The van der Waals surface area contributed by atoms with Gasteiger partial charge in [0.05, 0.1) is 12.8 Å². The zero-order valence-corrected chi connectivity index (χ0v) is 11.1. The van der Waals surface area contributed by atoms with E-state index in [1.54, 1.807) is 12.3 Å². The zero-order valence-electron chi connectivity index (χ0n) is 11.1. The minimum atomic E-state index is -0.525. The lowest BCUT2D eigenvalue weighted by Crippen LogP contribution is -2.00. The highest BCUT2D eigenvalue weighted by Crippen LogP contribution is 2.15. The van der Waals surface area contributed by atoms with Crippen molar-refractivity contribution in [3.8, 4) is 17.6 Å². The van der Waals surface area contributed by atoms with E-state index < -0.39 is 11.6 Å².